The van der Waals surface area contributed by atoms with Gasteiger partial charge in [-0.25, -0.2) is 13.1 Å². The van der Waals surface area contributed by atoms with Gasteiger partial charge in [-0.1, -0.05) is 51.5 Å². The molecule has 0 radical (unpaired) electrons. The van der Waals surface area contributed by atoms with E-state index in [1.54, 1.807) is 38.1 Å². The maximum Gasteiger partial charge on any atom is 0.242 e. The van der Waals surface area contributed by atoms with Crippen molar-refractivity contribution in [1.82, 2.24) is 15.4 Å². The highest BCUT2D eigenvalue weighted by Gasteiger charge is 2.31. The normalized spacial score (nSPS) is 14.0. The van der Waals surface area contributed by atoms with Gasteiger partial charge in [0.15, 0.2) is 0 Å². The number of nitrogens with one attached hydrogen (secondary N) is 4. The number of hydrogen-bond donors (Lipinski definition) is 6. The maximum absolute atomic E-state index is 13.0. The molecule has 34 heavy (non-hydrogen) atoms. The molecule has 3 atom stereocenters. The SMILES string of the molecule is CCCS(=O)(=O)N[C@@H](C(=O)N[C@@H](CCC(N)=O)C(=O)NCc1ccc(C(=N)N)cc1)C(C)CC. The molecule has 1 unspecified atom stereocenters. The summed E-state index contributed by atoms with van der Waals surface area (Å²) in [5.41, 5.74) is 11.9. The quantitative estimate of drug-likeness (QED) is 0.147. The number of amides is 3. The molecule has 0 aliphatic heterocycles. The van der Waals surface area contributed by atoms with E-state index in [4.69, 9.17) is 16.9 Å². The van der Waals surface area contributed by atoms with E-state index < -0.39 is 39.8 Å². The van der Waals surface area contributed by atoms with Crippen molar-refractivity contribution < 1.29 is 22.8 Å². The van der Waals surface area contributed by atoms with Crippen LogP contribution in [0.1, 0.15) is 57.6 Å². The number of nitrogens with two attached hydrogens (primary N) is 2. The smallest absolute Gasteiger partial charge is 0.242 e. The predicted molar refractivity (Wildman–Crippen MR) is 130 cm³/mol. The second kappa shape index (κ2) is 13.7. The van der Waals surface area contributed by atoms with Gasteiger partial charge in [-0.3, -0.25) is 19.8 Å². The first-order valence-corrected chi connectivity index (χ1v) is 12.8. The molecule has 0 heterocycles. The highest BCUT2D eigenvalue weighted by atomic mass is 32.2. The topological polar surface area (TPSA) is 197 Å². The molecule has 0 aromatic heterocycles. The number of carbonyl (C=O) groups is 3. The van der Waals surface area contributed by atoms with Crippen LogP contribution in [0.5, 0.6) is 0 Å². The van der Waals surface area contributed by atoms with E-state index >= 15 is 0 Å². The van der Waals surface area contributed by atoms with Gasteiger partial charge in [0.05, 0.1) is 5.75 Å². The van der Waals surface area contributed by atoms with Crippen LogP contribution in [-0.4, -0.2) is 49.8 Å². The Labute approximate surface area is 201 Å². The summed E-state index contributed by atoms with van der Waals surface area (Å²) in [6.07, 6.45) is 0.745. The molecular formula is C22H36N6O5S. The highest BCUT2D eigenvalue weighted by Crippen LogP contribution is 2.11. The van der Waals surface area contributed by atoms with Crippen LogP contribution < -0.4 is 26.8 Å². The standard InChI is InChI=1S/C22H36N6O5S/c1-4-12-34(32,33)28-19(14(3)5-2)22(31)27-17(10-11-18(23)29)21(30)26-13-15-6-8-16(9-7-15)20(24)25/h6-9,14,17,19,28H,4-5,10-13H2,1-3H3,(H2,23,29)(H3,24,25)(H,26,30)(H,27,31)/t14?,17-,19+/m0/s1. The van der Waals surface area contributed by atoms with Crippen molar-refractivity contribution in [2.75, 3.05) is 5.75 Å². The van der Waals surface area contributed by atoms with E-state index in [0.29, 0.717) is 18.4 Å². The summed E-state index contributed by atoms with van der Waals surface area (Å²) in [4.78, 5) is 37.1. The number of amidine groups is 1. The molecule has 11 nitrogen and oxygen atoms in total. The molecule has 12 heteroatoms. The van der Waals surface area contributed by atoms with Gasteiger partial charge in [0.1, 0.15) is 17.9 Å². The van der Waals surface area contributed by atoms with Gasteiger partial charge in [-0.2, -0.15) is 0 Å². The zero-order chi connectivity index (χ0) is 25.9. The minimum atomic E-state index is -3.68. The third-order valence-corrected chi connectivity index (χ3v) is 6.88. The average molecular weight is 497 g/mol. The van der Waals surface area contributed by atoms with E-state index in [1.807, 2.05) is 6.92 Å². The van der Waals surface area contributed by atoms with E-state index in [0.717, 1.165) is 5.56 Å². The van der Waals surface area contributed by atoms with Gasteiger partial charge in [0, 0.05) is 18.5 Å². The Balaban J connectivity index is 2.96. The lowest BCUT2D eigenvalue weighted by atomic mass is 9.98. The van der Waals surface area contributed by atoms with Crippen LogP contribution in [0.2, 0.25) is 0 Å². The highest BCUT2D eigenvalue weighted by molar-refractivity contribution is 7.89. The Morgan fingerprint density at radius 3 is 2.18 bits per heavy atom. The van der Waals surface area contributed by atoms with Crippen LogP contribution >= 0.6 is 0 Å². The van der Waals surface area contributed by atoms with Crippen LogP contribution in [0.15, 0.2) is 24.3 Å². The van der Waals surface area contributed by atoms with Crippen molar-refractivity contribution in [2.24, 2.45) is 17.4 Å². The van der Waals surface area contributed by atoms with Gasteiger partial charge in [0.25, 0.3) is 0 Å². The first-order chi connectivity index (χ1) is 15.9. The molecular weight excluding hydrogens is 460 g/mol. The first-order valence-electron chi connectivity index (χ1n) is 11.2. The fourth-order valence-corrected chi connectivity index (χ4v) is 4.50. The molecule has 0 fully saturated rings. The van der Waals surface area contributed by atoms with Crippen molar-refractivity contribution in [3.05, 3.63) is 35.4 Å². The summed E-state index contributed by atoms with van der Waals surface area (Å²) >= 11 is 0. The number of carbonyl (C=O) groups excluding carboxylic acids is 3. The fraction of sp³-hybridized carbons (Fsp3) is 0.545. The molecule has 0 bridgehead atoms. The summed E-state index contributed by atoms with van der Waals surface area (Å²) in [6.45, 7) is 5.42. The Morgan fingerprint density at radius 1 is 1.06 bits per heavy atom. The Bertz CT molecular complexity index is 965. The van der Waals surface area contributed by atoms with Crippen LogP contribution in [0, 0.1) is 11.3 Å². The van der Waals surface area contributed by atoms with Gasteiger partial charge in [0.2, 0.25) is 27.7 Å². The second-order valence-corrected chi connectivity index (χ2v) is 10.1. The third-order valence-electron chi connectivity index (χ3n) is 5.32. The number of nitrogen functional groups attached to an aromatic ring is 1. The average Bonchev–Trinajstić information content (AvgIpc) is 2.77. The second-order valence-electron chi connectivity index (χ2n) is 8.19. The van der Waals surface area contributed by atoms with Crippen LogP contribution in [0.4, 0.5) is 0 Å². The molecule has 1 aromatic carbocycles. The number of hydrogen-bond acceptors (Lipinski definition) is 6. The largest absolute Gasteiger partial charge is 0.384 e. The van der Waals surface area contributed by atoms with Gasteiger partial charge >= 0.3 is 0 Å². The lowest BCUT2D eigenvalue weighted by Crippen LogP contribution is -2.55. The maximum atomic E-state index is 13.0. The van der Waals surface area contributed by atoms with Crippen LogP contribution in [0.3, 0.4) is 0 Å². The first kappa shape index (κ1) is 29.0. The van der Waals surface area contributed by atoms with Crippen molar-refractivity contribution in [3.8, 4) is 0 Å². The number of benzene rings is 1. The minimum Gasteiger partial charge on any atom is -0.384 e. The Kier molecular flexibility index (Phi) is 11.7. The molecule has 0 saturated carbocycles. The summed E-state index contributed by atoms with van der Waals surface area (Å²) in [6, 6.07) is 4.55. The molecule has 0 aliphatic carbocycles. The van der Waals surface area contributed by atoms with Crippen molar-refractivity contribution >= 4 is 33.6 Å². The lowest BCUT2D eigenvalue weighted by Gasteiger charge is -2.26. The lowest BCUT2D eigenvalue weighted by molar-refractivity contribution is -0.131. The van der Waals surface area contributed by atoms with Crippen molar-refractivity contribution in [3.63, 3.8) is 0 Å². The minimum absolute atomic E-state index is 0.0366. The fourth-order valence-electron chi connectivity index (χ4n) is 3.12. The Morgan fingerprint density at radius 2 is 1.68 bits per heavy atom. The monoisotopic (exact) mass is 496 g/mol. The number of rotatable bonds is 15. The van der Waals surface area contributed by atoms with E-state index in [2.05, 4.69) is 15.4 Å². The molecule has 190 valence electrons. The molecule has 8 N–H and O–H groups in total. The van der Waals surface area contributed by atoms with E-state index in [9.17, 15) is 22.8 Å². The number of primary amides is 1. The van der Waals surface area contributed by atoms with Crippen molar-refractivity contribution in [1.29, 1.82) is 5.41 Å². The molecule has 0 saturated heterocycles. The van der Waals surface area contributed by atoms with E-state index in [-0.39, 0.29) is 36.9 Å². The van der Waals surface area contributed by atoms with Crippen LogP contribution in [-0.2, 0) is 31.0 Å². The van der Waals surface area contributed by atoms with Gasteiger partial charge in [-0.05, 0) is 24.3 Å². The third kappa shape index (κ3) is 9.87. The summed E-state index contributed by atoms with van der Waals surface area (Å²) in [5, 5.41) is 12.7. The molecule has 0 spiro atoms. The predicted octanol–water partition coefficient (Wildman–Crippen LogP) is 0.0813. The van der Waals surface area contributed by atoms with Gasteiger partial charge < -0.3 is 22.1 Å². The zero-order valence-electron chi connectivity index (χ0n) is 19.9. The van der Waals surface area contributed by atoms with Crippen molar-refractivity contribution in [2.45, 2.75) is 65.1 Å². The summed E-state index contributed by atoms with van der Waals surface area (Å²) in [7, 11) is -3.68. The number of sulfonamides is 1. The molecule has 3 amide bonds. The zero-order valence-corrected chi connectivity index (χ0v) is 20.7. The van der Waals surface area contributed by atoms with E-state index in [1.165, 1.54) is 0 Å². The molecule has 1 aromatic rings. The molecule has 1 rings (SSSR count). The van der Waals surface area contributed by atoms with Gasteiger partial charge in [-0.15, -0.1) is 0 Å². The Hall–Kier alpha value is -2.99. The molecule has 0 aliphatic rings. The summed E-state index contributed by atoms with van der Waals surface area (Å²) < 4.78 is 27.0. The summed E-state index contributed by atoms with van der Waals surface area (Å²) in [5.74, 6) is -2.34. The van der Waals surface area contributed by atoms with Crippen LogP contribution in [0.25, 0.3) is 0 Å².